The first-order valence-corrected chi connectivity index (χ1v) is 35.7. The van der Waals surface area contributed by atoms with Crippen molar-refractivity contribution in [1.82, 2.24) is 0 Å². The van der Waals surface area contributed by atoms with Gasteiger partial charge in [0.1, 0.15) is 19.3 Å². The molecule has 0 aliphatic heterocycles. The number of allylic oxidation sites excluding steroid dienone is 4. The molecule has 0 bridgehead atoms. The van der Waals surface area contributed by atoms with Crippen LogP contribution in [0.3, 0.4) is 0 Å². The summed E-state index contributed by atoms with van der Waals surface area (Å²) in [7, 11) is -9.90. The lowest BCUT2D eigenvalue weighted by molar-refractivity contribution is -0.161. The maximum atomic E-state index is 13.0. The van der Waals surface area contributed by atoms with Crippen LogP contribution in [-0.2, 0) is 65.4 Å². The second-order valence-corrected chi connectivity index (χ2v) is 26.8. The molecule has 0 saturated heterocycles. The van der Waals surface area contributed by atoms with E-state index in [0.717, 1.165) is 116 Å². The third-order valence-corrected chi connectivity index (χ3v) is 15.9. The lowest BCUT2D eigenvalue weighted by atomic mass is 10.0. The number of unbranched alkanes of at least 4 members (excludes halogenated alkanes) is 25. The van der Waals surface area contributed by atoms with Crippen LogP contribution >= 0.6 is 15.6 Å². The van der Waals surface area contributed by atoms with Gasteiger partial charge in [-0.05, 0) is 69.1 Å². The average molecular weight is 1220 g/mol. The van der Waals surface area contributed by atoms with Crippen molar-refractivity contribution in [2.24, 2.45) is 17.8 Å². The maximum Gasteiger partial charge on any atom is 0.472 e. The van der Waals surface area contributed by atoms with Crippen molar-refractivity contribution in [2.45, 2.75) is 304 Å². The molecule has 5 atom stereocenters. The van der Waals surface area contributed by atoms with E-state index in [-0.39, 0.29) is 25.7 Å². The van der Waals surface area contributed by atoms with Gasteiger partial charge in [-0.1, -0.05) is 233 Å². The summed E-state index contributed by atoms with van der Waals surface area (Å²) in [6.45, 7) is 11.5. The molecule has 0 fully saturated rings. The highest BCUT2D eigenvalue weighted by molar-refractivity contribution is 7.47. The first kappa shape index (κ1) is 80.5. The van der Waals surface area contributed by atoms with E-state index in [1.165, 1.54) is 70.6 Å². The standard InChI is InChI=1S/C64H120O17P2/c1-8-9-10-11-12-13-14-15-16-17-18-19-22-33-40-47-63(68)80-59(51-74-61(66)45-38-31-23-20-21-28-35-42-55(2)3)53-78-82(70,71)76-49-58(65)50-77-83(72,73)79-54-60(81-64(69)48-41-34-27-25-30-37-44-57(6)7)52-75-62(67)46-39-32-26-24-29-36-43-56(4)5/h13-16,55-60,65H,8-12,17-54H2,1-7H3,(H,70,71)(H,72,73)/b14-13-,16-15-/t58-,59-,60-/m1/s1. The van der Waals surface area contributed by atoms with Crippen molar-refractivity contribution in [3.63, 3.8) is 0 Å². The highest BCUT2D eigenvalue weighted by atomic mass is 31.2. The molecule has 0 radical (unpaired) electrons. The summed E-state index contributed by atoms with van der Waals surface area (Å²) >= 11 is 0. The summed E-state index contributed by atoms with van der Waals surface area (Å²) in [6, 6.07) is 0. The largest absolute Gasteiger partial charge is 0.472 e. The predicted octanol–water partition coefficient (Wildman–Crippen LogP) is 17.1. The number of carbonyl (C=O) groups excluding carboxylic acids is 4. The van der Waals surface area contributed by atoms with Crippen LogP contribution in [0.25, 0.3) is 0 Å². The van der Waals surface area contributed by atoms with Gasteiger partial charge in [-0.15, -0.1) is 0 Å². The Labute approximate surface area is 503 Å². The highest BCUT2D eigenvalue weighted by Gasteiger charge is 2.30. The molecule has 0 saturated carbocycles. The van der Waals surface area contributed by atoms with E-state index in [4.69, 9.17) is 37.0 Å². The van der Waals surface area contributed by atoms with Crippen LogP contribution in [0.2, 0.25) is 0 Å². The second-order valence-electron chi connectivity index (χ2n) is 23.9. The van der Waals surface area contributed by atoms with E-state index in [1.54, 1.807) is 0 Å². The first-order valence-electron chi connectivity index (χ1n) is 32.7. The summed E-state index contributed by atoms with van der Waals surface area (Å²) in [5.41, 5.74) is 0. The van der Waals surface area contributed by atoms with Crippen LogP contribution in [0, 0.1) is 17.8 Å². The van der Waals surface area contributed by atoms with Crippen LogP contribution in [0.4, 0.5) is 0 Å². The number of carbonyl (C=O) groups is 4. The minimum Gasteiger partial charge on any atom is -0.462 e. The van der Waals surface area contributed by atoms with Crippen molar-refractivity contribution >= 4 is 39.5 Å². The van der Waals surface area contributed by atoms with Gasteiger partial charge >= 0.3 is 39.5 Å². The quantitative estimate of drug-likeness (QED) is 0.0169. The Morgan fingerprint density at radius 2 is 0.651 bits per heavy atom. The third-order valence-electron chi connectivity index (χ3n) is 14.0. The van der Waals surface area contributed by atoms with Gasteiger partial charge in [0.2, 0.25) is 0 Å². The number of phosphoric ester groups is 2. The Morgan fingerprint density at radius 1 is 0.373 bits per heavy atom. The van der Waals surface area contributed by atoms with E-state index >= 15 is 0 Å². The van der Waals surface area contributed by atoms with E-state index in [2.05, 4.69) is 72.8 Å². The minimum atomic E-state index is -4.95. The van der Waals surface area contributed by atoms with Crippen molar-refractivity contribution in [3.8, 4) is 0 Å². The number of phosphoric acid groups is 2. The third kappa shape index (κ3) is 58.3. The number of ether oxygens (including phenoxy) is 4. The van der Waals surface area contributed by atoms with Crippen LogP contribution in [0.1, 0.15) is 286 Å². The lowest BCUT2D eigenvalue weighted by Crippen LogP contribution is -2.30. The van der Waals surface area contributed by atoms with Crippen molar-refractivity contribution in [3.05, 3.63) is 24.3 Å². The van der Waals surface area contributed by atoms with E-state index in [1.807, 2.05) is 0 Å². The zero-order valence-electron chi connectivity index (χ0n) is 53.1. The van der Waals surface area contributed by atoms with Crippen molar-refractivity contribution in [2.75, 3.05) is 39.6 Å². The highest BCUT2D eigenvalue weighted by Crippen LogP contribution is 2.45. The van der Waals surface area contributed by atoms with Gasteiger partial charge in [0, 0.05) is 25.7 Å². The molecule has 0 aliphatic carbocycles. The molecule has 0 amide bonds. The molecule has 0 aliphatic rings. The van der Waals surface area contributed by atoms with Gasteiger partial charge in [-0.25, -0.2) is 9.13 Å². The van der Waals surface area contributed by atoms with Gasteiger partial charge in [0.15, 0.2) is 12.2 Å². The van der Waals surface area contributed by atoms with E-state index in [9.17, 15) is 43.2 Å². The summed E-state index contributed by atoms with van der Waals surface area (Å²) in [5.74, 6) is -0.127. The smallest absolute Gasteiger partial charge is 0.462 e. The molecule has 0 aromatic carbocycles. The normalized spacial score (nSPS) is 14.6. The molecule has 3 N–H and O–H groups in total. The second kappa shape index (κ2) is 54.9. The van der Waals surface area contributed by atoms with E-state index < -0.39 is 97.5 Å². The van der Waals surface area contributed by atoms with Gasteiger partial charge in [0.25, 0.3) is 0 Å². The Kier molecular flexibility index (Phi) is 53.3. The molecular formula is C64H120O17P2. The molecular weight excluding hydrogens is 1100 g/mol. The number of aliphatic hydroxyl groups is 1. The fraction of sp³-hybridized carbons (Fsp3) is 0.875. The molecule has 0 spiro atoms. The van der Waals surface area contributed by atoms with Crippen LogP contribution in [0.15, 0.2) is 24.3 Å². The molecule has 0 rings (SSSR count). The van der Waals surface area contributed by atoms with Gasteiger partial charge in [-0.2, -0.15) is 0 Å². The molecule has 0 aromatic rings. The summed E-state index contributed by atoms with van der Waals surface area (Å²) in [5, 5.41) is 10.5. The zero-order valence-corrected chi connectivity index (χ0v) is 54.9. The lowest BCUT2D eigenvalue weighted by Gasteiger charge is -2.21. The van der Waals surface area contributed by atoms with Crippen molar-refractivity contribution in [1.29, 1.82) is 0 Å². The molecule has 2 unspecified atom stereocenters. The monoisotopic (exact) mass is 1220 g/mol. The molecule has 488 valence electrons. The first-order chi connectivity index (χ1) is 39.7. The molecule has 19 heteroatoms. The maximum absolute atomic E-state index is 13.0. The fourth-order valence-electron chi connectivity index (χ4n) is 8.94. The number of hydrogen-bond donors (Lipinski definition) is 3. The summed E-state index contributed by atoms with van der Waals surface area (Å²) < 4.78 is 67.9. The summed E-state index contributed by atoms with van der Waals surface area (Å²) in [6.07, 6.45) is 38.9. The molecule has 0 aromatic heterocycles. The van der Waals surface area contributed by atoms with Gasteiger partial charge in [-0.3, -0.25) is 37.3 Å². The zero-order chi connectivity index (χ0) is 61.7. The van der Waals surface area contributed by atoms with Gasteiger partial charge < -0.3 is 33.8 Å². The fourth-order valence-corrected chi connectivity index (χ4v) is 10.5. The Hall–Kier alpha value is -2.46. The number of aliphatic hydroxyl groups excluding tert-OH is 1. The van der Waals surface area contributed by atoms with E-state index in [0.29, 0.717) is 43.4 Å². The molecule has 17 nitrogen and oxygen atoms in total. The summed E-state index contributed by atoms with van der Waals surface area (Å²) in [4.78, 5) is 72.1. The van der Waals surface area contributed by atoms with Crippen LogP contribution in [-0.4, -0.2) is 96.7 Å². The number of rotatable bonds is 60. The molecule has 83 heavy (non-hydrogen) atoms. The number of esters is 4. The number of hydrogen-bond acceptors (Lipinski definition) is 15. The van der Waals surface area contributed by atoms with Crippen LogP contribution < -0.4 is 0 Å². The van der Waals surface area contributed by atoms with Crippen molar-refractivity contribution < 1.29 is 80.2 Å². The Balaban J connectivity index is 5.27. The minimum absolute atomic E-state index is 0.0833. The average Bonchev–Trinajstić information content (AvgIpc) is 3.45. The predicted molar refractivity (Wildman–Crippen MR) is 330 cm³/mol. The van der Waals surface area contributed by atoms with Crippen LogP contribution in [0.5, 0.6) is 0 Å². The Bertz CT molecular complexity index is 1740. The topological polar surface area (TPSA) is 237 Å². The SMILES string of the molecule is CCCCCC/C=C\C=C/CCCCCCCC(=O)O[C@H](COC(=O)CCCCCCCCCC(C)C)COP(=O)(O)OC[C@@H](O)COP(=O)(O)OC[C@@H](COC(=O)CCCCCCCCC(C)C)OC(=O)CCCCCCCCC(C)C. The Morgan fingerprint density at radius 3 is 0.976 bits per heavy atom. The van der Waals surface area contributed by atoms with Gasteiger partial charge in [0.05, 0.1) is 26.4 Å². The molecule has 0 heterocycles.